The minimum absolute atomic E-state index is 0.283. The fourth-order valence-corrected chi connectivity index (χ4v) is 4.34. The molecule has 0 aromatic heterocycles. The number of aryl methyl sites for hydroxylation is 1. The fourth-order valence-electron chi connectivity index (χ4n) is 1.95. The Kier molecular flexibility index (Phi) is 5.55. The molecular weight excluding hydrogens is 252 g/mol. The van der Waals surface area contributed by atoms with Gasteiger partial charge in [0.25, 0.3) is 0 Å². The Labute approximate surface area is 117 Å². The van der Waals surface area contributed by atoms with Crippen LogP contribution >= 0.6 is 0 Å². The summed E-state index contributed by atoms with van der Waals surface area (Å²) in [6, 6.07) is 9.94. The van der Waals surface area contributed by atoms with Gasteiger partial charge in [0.05, 0.1) is 14.7 Å². The van der Waals surface area contributed by atoms with Crippen LogP contribution in [0.25, 0.3) is 0 Å². The molecule has 0 N–H and O–H groups in total. The molecule has 2 nitrogen and oxygen atoms in total. The molecule has 104 valence electrons. The number of carbonyl (C=O) groups excluding carboxylic acids is 1. The molecule has 0 amide bonds. The molecule has 0 aliphatic rings. The summed E-state index contributed by atoms with van der Waals surface area (Å²) in [4.78, 5) is 11.3. The topological polar surface area (TPSA) is 26.3 Å². The van der Waals surface area contributed by atoms with Gasteiger partial charge in [0.1, 0.15) is 0 Å². The van der Waals surface area contributed by atoms with E-state index in [4.69, 9.17) is 4.74 Å². The molecule has 0 bridgehead atoms. The van der Waals surface area contributed by atoms with Crippen molar-refractivity contribution < 1.29 is 9.53 Å². The SMILES string of the molecule is C=C(C)C(=O)OCCC[Si](C)(C)c1ccc(C)cc1. The first-order valence-electron chi connectivity index (χ1n) is 6.73. The van der Waals surface area contributed by atoms with E-state index in [9.17, 15) is 4.79 Å². The van der Waals surface area contributed by atoms with Crippen molar-refractivity contribution in [2.75, 3.05) is 6.61 Å². The van der Waals surface area contributed by atoms with Crippen LogP contribution in [0.1, 0.15) is 18.9 Å². The number of hydrogen-bond acceptors (Lipinski definition) is 2. The van der Waals surface area contributed by atoms with Crippen molar-refractivity contribution in [3.05, 3.63) is 42.0 Å². The van der Waals surface area contributed by atoms with Gasteiger partial charge in [-0.2, -0.15) is 0 Å². The van der Waals surface area contributed by atoms with Crippen molar-refractivity contribution >= 4 is 19.2 Å². The van der Waals surface area contributed by atoms with Crippen LogP contribution in [0.3, 0.4) is 0 Å². The van der Waals surface area contributed by atoms with Gasteiger partial charge in [-0.1, -0.05) is 60.7 Å². The number of rotatable bonds is 6. The lowest BCUT2D eigenvalue weighted by atomic mass is 10.2. The van der Waals surface area contributed by atoms with E-state index in [2.05, 4.69) is 50.9 Å². The monoisotopic (exact) mass is 276 g/mol. The molecule has 0 fully saturated rings. The zero-order valence-electron chi connectivity index (χ0n) is 12.5. The van der Waals surface area contributed by atoms with E-state index >= 15 is 0 Å². The van der Waals surface area contributed by atoms with Crippen LogP contribution in [-0.4, -0.2) is 20.7 Å². The van der Waals surface area contributed by atoms with Gasteiger partial charge in [-0.3, -0.25) is 0 Å². The fraction of sp³-hybridized carbons (Fsp3) is 0.438. The summed E-state index contributed by atoms with van der Waals surface area (Å²) >= 11 is 0. The largest absolute Gasteiger partial charge is 0.462 e. The Morgan fingerprint density at radius 1 is 1.26 bits per heavy atom. The van der Waals surface area contributed by atoms with Crippen molar-refractivity contribution in [3.8, 4) is 0 Å². The molecule has 0 saturated heterocycles. The average Bonchev–Trinajstić information content (AvgIpc) is 2.34. The molecular formula is C16H24O2Si. The normalized spacial score (nSPS) is 11.2. The third-order valence-electron chi connectivity index (χ3n) is 3.36. The number of hydrogen-bond donors (Lipinski definition) is 0. The van der Waals surface area contributed by atoms with Crippen molar-refractivity contribution in [1.82, 2.24) is 0 Å². The van der Waals surface area contributed by atoms with Gasteiger partial charge >= 0.3 is 5.97 Å². The summed E-state index contributed by atoms with van der Waals surface area (Å²) < 4.78 is 5.14. The zero-order valence-corrected chi connectivity index (χ0v) is 13.5. The molecule has 0 saturated carbocycles. The second-order valence-corrected chi connectivity index (χ2v) is 10.6. The molecule has 3 heteroatoms. The molecule has 0 atom stereocenters. The van der Waals surface area contributed by atoms with Gasteiger partial charge in [-0.15, -0.1) is 0 Å². The van der Waals surface area contributed by atoms with Crippen LogP contribution < -0.4 is 5.19 Å². The van der Waals surface area contributed by atoms with Crippen molar-refractivity contribution in [3.63, 3.8) is 0 Å². The quantitative estimate of drug-likeness (QED) is 0.344. The van der Waals surface area contributed by atoms with Gasteiger partial charge in [0, 0.05) is 5.57 Å². The maximum atomic E-state index is 11.3. The Morgan fingerprint density at radius 2 is 1.84 bits per heavy atom. The minimum atomic E-state index is -1.42. The van der Waals surface area contributed by atoms with E-state index in [0.29, 0.717) is 12.2 Å². The molecule has 0 spiro atoms. The van der Waals surface area contributed by atoms with E-state index in [1.165, 1.54) is 10.8 Å². The van der Waals surface area contributed by atoms with Gasteiger partial charge in [-0.25, -0.2) is 4.79 Å². The van der Waals surface area contributed by atoms with Crippen LogP contribution in [0, 0.1) is 6.92 Å². The number of ether oxygens (including phenoxy) is 1. The van der Waals surface area contributed by atoms with Crippen LogP contribution in [0.15, 0.2) is 36.4 Å². The molecule has 0 unspecified atom stereocenters. The summed E-state index contributed by atoms with van der Waals surface area (Å²) in [5.74, 6) is -0.283. The lowest BCUT2D eigenvalue weighted by Crippen LogP contribution is -2.41. The van der Waals surface area contributed by atoms with E-state index in [1.807, 2.05) is 0 Å². The van der Waals surface area contributed by atoms with Crippen LogP contribution in [-0.2, 0) is 9.53 Å². The van der Waals surface area contributed by atoms with Gasteiger partial charge < -0.3 is 4.74 Å². The Hall–Kier alpha value is -1.35. The van der Waals surface area contributed by atoms with Crippen molar-refractivity contribution in [1.29, 1.82) is 0 Å². The van der Waals surface area contributed by atoms with E-state index in [0.717, 1.165) is 12.5 Å². The molecule has 19 heavy (non-hydrogen) atoms. The second kappa shape index (κ2) is 6.71. The Balaban J connectivity index is 2.45. The Bertz CT molecular complexity index is 446. The van der Waals surface area contributed by atoms with Gasteiger partial charge in [-0.05, 0) is 20.3 Å². The molecule has 0 radical (unpaired) electrons. The van der Waals surface area contributed by atoms with Crippen LogP contribution in [0.2, 0.25) is 19.1 Å². The van der Waals surface area contributed by atoms with Crippen LogP contribution in [0.5, 0.6) is 0 Å². The minimum Gasteiger partial charge on any atom is -0.462 e. The van der Waals surface area contributed by atoms with Gasteiger partial charge in [0.2, 0.25) is 0 Å². The third-order valence-corrected chi connectivity index (χ3v) is 6.86. The predicted molar refractivity (Wildman–Crippen MR) is 83.5 cm³/mol. The second-order valence-electron chi connectivity index (χ2n) is 5.77. The molecule has 0 aliphatic carbocycles. The first-order valence-corrected chi connectivity index (χ1v) is 9.93. The predicted octanol–water partition coefficient (Wildman–Crippen LogP) is 3.42. The van der Waals surface area contributed by atoms with E-state index < -0.39 is 8.07 Å². The molecule has 1 aromatic rings. The zero-order chi connectivity index (χ0) is 14.5. The van der Waals surface area contributed by atoms with Crippen molar-refractivity contribution in [2.24, 2.45) is 0 Å². The van der Waals surface area contributed by atoms with E-state index in [1.54, 1.807) is 6.92 Å². The first kappa shape index (κ1) is 15.7. The molecule has 0 heterocycles. The summed E-state index contributed by atoms with van der Waals surface area (Å²) in [7, 11) is -1.42. The highest BCUT2D eigenvalue weighted by molar-refractivity contribution is 6.89. The summed E-state index contributed by atoms with van der Waals surface area (Å²) in [6.07, 6.45) is 0.923. The summed E-state index contributed by atoms with van der Waals surface area (Å²) in [6.45, 7) is 12.6. The average molecular weight is 276 g/mol. The third kappa shape index (κ3) is 5.03. The molecule has 1 aromatic carbocycles. The molecule has 0 aliphatic heterocycles. The van der Waals surface area contributed by atoms with Gasteiger partial charge in [0.15, 0.2) is 0 Å². The smallest absolute Gasteiger partial charge is 0.333 e. The highest BCUT2D eigenvalue weighted by Gasteiger charge is 2.22. The summed E-state index contributed by atoms with van der Waals surface area (Å²) in [5, 5.41) is 1.46. The van der Waals surface area contributed by atoms with Crippen LogP contribution in [0.4, 0.5) is 0 Å². The molecule has 1 rings (SSSR count). The summed E-state index contributed by atoms with van der Waals surface area (Å²) in [5.41, 5.74) is 1.76. The maximum Gasteiger partial charge on any atom is 0.333 e. The highest BCUT2D eigenvalue weighted by atomic mass is 28.3. The Morgan fingerprint density at radius 3 is 2.37 bits per heavy atom. The number of carbonyl (C=O) groups is 1. The first-order chi connectivity index (χ1) is 8.83. The lowest BCUT2D eigenvalue weighted by Gasteiger charge is -2.23. The standard InChI is InChI=1S/C16H24O2Si/c1-13(2)16(17)18-11-6-12-19(4,5)15-9-7-14(3)8-10-15/h7-10H,1,6,11-12H2,2-5H3. The number of benzene rings is 1. The number of esters is 1. The van der Waals surface area contributed by atoms with Crippen molar-refractivity contribution in [2.45, 2.75) is 39.4 Å². The highest BCUT2D eigenvalue weighted by Crippen LogP contribution is 2.13. The lowest BCUT2D eigenvalue weighted by molar-refractivity contribution is -0.138. The van der Waals surface area contributed by atoms with E-state index in [-0.39, 0.29) is 5.97 Å². The maximum absolute atomic E-state index is 11.3.